The highest BCUT2D eigenvalue weighted by molar-refractivity contribution is 5.79. The van der Waals surface area contributed by atoms with Gasteiger partial charge < -0.3 is 5.11 Å². The van der Waals surface area contributed by atoms with Gasteiger partial charge in [-0.05, 0) is 30.5 Å². The summed E-state index contributed by atoms with van der Waals surface area (Å²) in [4.78, 5) is 11.1. The first kappa shape index (κ1) is 13.1. The Morgan fingerprint density at radius 2 is 1.56 bits per heavy atom. The van der Waals surface area contributed by atoms with E-state index < -0.39 is 17.3 Å². The van der Waals surface area contributed by atoms with Crippen molar-refractivity contribution in [3.8, 4) is 0 Å². The number of ketones is 1. The number of hydrogen-bond acceptors (Lipinski definition) is 2. The zero-order chi connectivity index (χ0) is 13.4. The molecule has 2 rings (SSSR count). The molecule has 1 aromatic carbocycles. The molecular weight excluding hydrogens is 245 g/mol. The number of aliphatic hydroxyl groups is 1. The highest BCUT2D eigenvalue weighted by Gasteiger charge is 2.35. The Hall–Kier alpha value is -1.36. The fraction of sp³-hybridized carbons (Fsp3) is 0.462. The number of carbonyl (C=O) groups excluding carboxylic acids is 1. The molecule has 1 saturated carbocycles. The van der Waals surface area contributed by atoms with Crippen molar-refractivity contribution in [3.05, 3.63) is 35.4 Å². The standard InChI is InChI=1S/C13H13F3O2/c14-13(15,16)10-3-1-9(2-4-10)12(18)7-5-11(17)6-8-12/h1-4,18H,5-8H2. The monoisotopic (exact) mass is 258 g/mol. The van der Waals surface area contributed by atoms with Crippen LogP contribution in [0.1, 0.15) is 36.8 Å². The predicted octanol–water partition coefficient (Wildman–Crippen LogP) is 3.04. The molecule has 0 bridgehead atoms. The molecule has 0 saturated heterocycles. The van der Waals surface area contributed by atoms with E-state index in [-0.39, 0.29) is 31.5 Å². The minimum atomic E-state index is -4.37. The fourth-order valence-corrected chi connectivity index (χ4v) is 2.20. The summed E-state index contributed by atoms with van der Waals surface area (Å²) in [6.45, 7) is 0. The zero-order valence-electron chi connectivity index (χ0n) is 9.63. The van der Waals surface area contributed by atoms with Gasteiger partial charge in [0.25, 0.3) is 0 Å². The topological polar surface area (TPSA) is 37.3 Å². The largest absolute Gasteiger partial charge is 0.416 e. The maximum absolute atomic E-state index is 12.4. The van der Waals surface area contributed by atoms with Gasteiger partial charge in [-0.3, -0.25) is 4.79 Å². The molecule has 0 aromatic heterocycles. The van der Waals surface area contributed by atoms with Gasteiger partial charge in [0, 0.05) is 12.8 Å². The van der Waals surface area contributed by atoms with Crippen LogP contribution in [-0.2, 0) is 16.6 Å². The SMILES string of the molecule is O=C1CCC(O)(c2ccc(C(F)(F)F)cc2)CC1. The molecule has 0 heterocycles. The number of alkyl halides is 3. The van der Waals surface area contributed by atoms with E-state index in [1.807, 2.05) is 0 Å². The molecule has 0 spiro atoms. The molecule has 1 aliphatic carbocycles. The molecule has 2 nitrogen and oxygen atoms in total. The Bertz CT molecular complexity index is 438. The Balaban J connectivity index is 2.22. The number of rotatable bonds is 1. The fourth-order valence-electron chi connectivity index (χ4n) is 2.20. The number of carbonyl (C=O) groups is 1. The van der Waals surface area contributed by atoms with Crippen LogP contribution >= 0.6 is 0 Å². The second-order valence-electron chi connectivity index (χ2n) is 4.65. The lowest BCUT2D eigenvalue weighted by molar-refractivity contribution is -0.137. The number of halogens is 3. The third-order valence-corrected chi connectivity index (χ3v) is 3.38. The van der Waals surface area contributed by atoms with E-state index in [4.69, 9.17) is 0 Å². The van der Waals surface area contributed by atoms with Crippen molar-refractivity contribution in [2.24, 2.45) is 0 Å². The number of benzene rings is 1. The van der Waals surface area contributed by atoms with Gasteiger partial charge >= 0.3 is 6.18 Å². The predicted molar refractivity (Wildman–Crippen MR) is 58.8 cm³/mol. The van der Waals surface area contributed by atoms with Crippen LogP contribution in [0.5, 0.6) is 0 Å². The first-order valence-electron chi connectivity index (χ1n) is 5.73. The number of Topliss-reactive ketones (excluding diaryl/α,β-unsaturated/α-hetero) is 1. The Morgan fingerprint density at radius 3 is 2.00 bits per heavy atom. The molecule has 0 atom stereocenters. The van der Waals surface area contributed by atoms with E-state index in [1.165, 1.54) is 12.1 Å². The Kier molecular flexibility index (Phi) is 3.19. The summed E-state index contributed by atoms with van der Waals surface area (Å²) in [6, 6.07) is 4.50. The van der Waals surface area contributed by atoms with Gasteiger partial charge in [-0.15, -0.1) is 0 Å². The number of hydrogen-bond donors (Lipinski definition) is 1. The molecule has 0 amide bonds. The first-order valence-corrected chi connectivity index (χ1v) is 5.73. The molecule has 5 heteroatoms. The highest BCUT2D eigenvalue weighted by atomic mass is 19.4. The van der Waals surface area contributed by atoms with Crippen molar-refractivity contribution in [2.45, 2.75) is 37.5 Å². The quantitative estimate of drug-likeness (QED) is 0.840. The molecule has 18 heavy (non-hydrogen) atoms. The van der Waals surface area contributed by atoms with E-state index in [9.17, 15) is 23.1 Å². The van der Waals surface area contributed by atoms with Crippen LogP contribution in [-0.4, -0.2) is 10.9 Å². The van der Waals surface area contributed by atoms with E-state index in [0.717, 1.165) is 12.1 Å². The summed E-state index contributed by atoms with van der Waals surface area (Å²) in [5.74, 6) is 0.0894. The third kappa shape index (κ3) is 2.56. The third-order valence-electron chi connectivity index (χ3n) is 3.38. The van der Waals surface area contributed by atoms with Crippen LogP contribution in [0.3, 0.4) is 0 Å². The average molecular weight is 258 g/mol. The molecule has 0 unspecified atom stereocenters. The van der Waals surface area contributed by atoms with Crippen LogP contribution in [0, 0.1) is 0 Å². The summed E-state index contributed by atoms with van der Waals surface area (Å²) in [7, 11) is 0. The lowest BCUT2D eigenvalue weighted by Crippen LogP contribution is -2.31. The maximum atomic E-state index is 12.4. The Morgan fingerprint density at radius 1 is 1.06 bits per heavy atom. The summed E-state index contributed by atoms with van der Waals surface area (Å²) >= 11 is 0. The maximum Gasteiger partial charge on any atom is 0.416 e. The van der Waals surface area contributed by atoms with Gasteiger partial charge in [0.2, 0.25) is 0 Å². The molecule has 98 valence electrons. The summed E-state index contributed by atoms with van der Waals surface area (Å²) in [6.07, 6.45) is -3.27. The average Bonchev–Trinajstić information content (AvgIpc) is 2.32. The van der Waals surface area contributed by atoms with Crippen molar-refractivity contribution in [3.63, 3.8) is 0 Å². The van der Waals surface area contributed by atoms with E-state index in [0.29, 0.717) is 5.56 Å². The lowest BCUT2D eigenvalue weighted by atomic mass is 9.79. The smallest absolute Gasteiger partial charge is 0.385 e. The van der Waals surface area contributed by atoms with Crippen molar-refractivity contribution in [1.82, 2.24) is 0 Å². The van der Waals surface area contributed by atoms with Gasteiger partial charge in [0.15, 0.2) is 0 Å². The summed E-state index contributed by atoms with van der Waals surface area (Å²) < 4.78 is 37.2. The molecule has 1 aromatic rings. The van der Waals surface area contributed by atoms with Crippen LogP contribution < -0.4 is 0 Å². The lowest BCUT2D eigenvalue weighted by Gasteiger charge is -2.32. The van der Waals surface area contributed by atoms with Crippen LogP contribution in [0.2, 0.25) is 0 Å². The van der Waals surface area contributed by atoms with Crippen molar-refractivity contribution in [2.75, 3.05) is 0 Å². The van der Waals surface area contributed by atoms with E-state index >= 15 is 0 Å². The van der Waals surface area contributed by atoms with Crippen LogP contribution in [0.15, 0.2) is 24.3 Å². The van der Waals surface area contributed by atoms with Crippen LogP contribution in [0.4, 0.5) is 13.2 Å². The first-order chi connectivity index (χ1) is 8.31. The van der Waals surface area contributed by atoms with Gasteiger partial charge in [-0.2, -0.15) is 13.2 Å². The molecular formula is C13H13F3O2. The zero-order valence-corrected chi connectivity index (χ0v) is 9.63. The van der Waals surface area contributed by atoms with Gasteiger partial charge in [0.1, 0.15) is 5.78 Å². The van der Waals surface area contributed by atoms with Crippen molar-refractivity contribution in [1.29, 1.82) is 0 Å². The van der Waals surface area contributed by atoms with E-state index in [1.54, 1.807) is 0 Å². The molecule has 1 aliphatic rings. The molecule has 0 radical (unpaired) electrons. The highest BCUT2D eigenvalue weighted by Crippen LogP contribution is 2.37. The van der Waals surface area contributed by atoms with Gasteiger partial charge in [-0.1, -0.05) is 12.1 Å². The minimum absolute atomic E-state index is 0.0894. The second-order valence-corrected chi connectivity index (χ2v) is 4.65. The second kappa shape index (κ2) is 4.39. The summed E-state index contributed by atoms with van der Waals surface area (Å²) in [5.41, 5.74) is -1.46. The minimum Gasteiger partial charge on any atom is -0.385 e. The molecule has 0 aliphatic heterocycles. The normalized spacial score (nSPS) is 19.9. The van der Waals surface area contributed by atoms with E-state index in [2.05, 4.69) is 0 Å². The van der Waals surface area contributed by atoms with Crippen molar-refractivity contribution < 1.29 is 23.1 Å². The Labute approximate surface area is 102 Å². The summed E-state index contributed by atoms with van der Waals surface area (Å²) in [5, 5.41) is 10.3. The van der Waals surface area contributed by atoms with Gasteiger partial charge in [-0.25, -0.2) is 0 Å². The van der Waals surface area contributed by atoms with Crippen molar-refractivity contribution >= 4 is 5.78 Å². The molecule has 1 fully saturated rings. The van der Waals surface area contributed by atoms with Crippen LogP contribution in [0.25, 0.3) is 0 Å². The molecule has 1 N–H and O–H groups in total. The van der Waals surface area contributed by atoms with Gasteiger partial charge in [0.05, 0.1) is 11.2 Å².